The van der Waals surface area contributed by atoms with E-state index < -0.39 is 33.7 Å². The molecule has 2 heterocycles. The maximum Gasteiger partial charge on any atom is 0.307 e. The first-order valence-electron chi connectivity index (χ1n) is 8.27. The molecule has 11 heteroatoms. The number of fused-ring (bicyclic) bond motifs is 1. The zero-order valence-corrected chi connectivity index (χ0v) is 14.8. The number of benzene rings is 2. The van der Waals surface area contributed by atoms with Crippen molar-refractivity contribution >= 4 is 28.4 Å². The maximum absolute atomic E-state index is 14.2. The molecule has 0 unspecified atom stereocenters. The Morgan fingerprint density at radius 1 is 1.24 bits per heavy atom. The average molecular weight is 398 g/mol. The number of rotatable bonds is 4. The van der Waals surface area contributed by atoms with Crippen LogP contribution in [0.2, 0.25) is 0 Å². The fourth-order valence-electron chi connectivity index (χ4n) is 2.86. The van der Waals surface area contributed by atoms with Crippen LogP contribution >= 0.6 is 0 Å². The normalized spacial score (nSPS) is 11.0. The predicted octanol–water partition coefficient (Wildman–Crippen LogP) is 3.40. The van der Waals surface area contributed by atoms with Crippen molar-refractivity contribution in [2.75, 3.05) is 5.32 Å². The molecule has 0 aliphatic rings. The molecule has 0 saturated heterocycles. The van der Waals surface area contributed by atoms with E-state index in [-0.39, 0.29) is 5.82 Å². The number of aryl methyl sites for hydroxylation is 1. The number of para-hydroxylation sites is 2. The highest BCUT2D eigenvalue weighted by molar-refractivity contribution is 6.05. The number of imidazole rings is 1. The van der Waals surface area contributed by atoms with Crippen LogP contribution in [0, 0.1) is 21.7 Å². The Balaban J connectivity index is 1.70. The summed E-state index contributed by atoms with van der Waals surface area (Å²) in [5.74, 6) is -2.92. The minimum absolute atomic E-state index is 0.187. The summed E-state index contributed by atoms with van der Waals surface area (Å²) >= 11 is 0. The number of hydrogen-bond donors (Lipinski definition) is 2. The van der Waals surface area contributed by atoms with Crippen molar-refractivity contribution in [2.24, 2.45) is 7.05 Å². The molecule has 0 spiro atoms. The summed E-state index contributed by atoms with van der Waals surface area (Å²) in [7, 11) is 1.55. The number of hydrogen-bond acceptors (Lipinski definition) is 5. The Morgan fingerprint density at radius 3 is 2.72 bits per heavy atom. The van der Waals surface area contributed by atoms with Gasteiger partial charge in [0, 0.05) is 7.05 Å². The number of aromatic amines is 1. The third-order valence-electron chi connectivity index (χ3n) is 4.29. The highest BCUT2D eigenvalue weighted by Crippen LogP contribution is 2.28. The van der Waals surface area contributed by atoms with Crippen LogP contribution in [0.25, 0.3) is 22.4 Å². The molecule has 0 aliphatic carbocycles. The number of carbonyl (C=O) groups excluding carboxylic acids is 1. The van der Waals surface area contributed by atoms with Gasteiger partial charge in [-0.1, -0.05) is 12.1 Å². The van der Waals surface area contributed by atoms with Gasteiger partial charge in [0.1, 0.15) is 17.5 Å². The minimum atomic E-state index is -1.32. The fourth-order valence-corrected chi connectivity index (χ4v) is 2.86. The number of halogens is 2. The molecule has 0 fully saturated rings. The zero-order valence-electron chi connectivity index (χ0n) is 14.8. The van der Waals surface area contributed by atoms with Crippen LogP contribution in [-0.2, 0) is 7.05 Å². The molecule has 0 aliphatic heterocycles. The van der Waals surface area contributed by atoms with E-state index in [1.807, 2.05) is 18.2 Å². The average Bonchev–Trinajstić information content (AvgIpc) is 3.26. The molecule has 2 aromatic heterocycles. The van der Waals surface area contributed by atoms with Gasteiger partial charge in [-0.15, -0.1) is 0 Å². The molecule has 0 saturated carbocycles. The lowest BCUT2D eigenvalue weighted by Gasteiger charge is -2.08. The topological polar surface area (TPSA) is 119 Å². The van der Waals surface area contributed by atoms with Crippen molar-refractivity contribution in [3.63, 3.8) is 0 Å². The lowest BCUT2D eigenvalue weighted by molar-refractivity contribution is -0.387. The van der Waals surface area contributed by atoms with Crippen molar-refractivity contribution in [3.05, 3.63) is 69.9 Å². The standard InChI is InChI=1S/C18H12F2N6O3/c1-25-17(10(8-21-25)16-22-13-4-2-3-5-14(13)23-16)24-18(27)9-6-12(20)15(26(28)29)7-11(9)19/h2-8H,1H3,(H,22,23)(H,24,27). The third kappa shape index (κ3) is 3.18. The van der Waals surface area contributed by atoms with E-state index in [1.165, 1.54) is 10.9 Å². The Morgan fingerprint density at radius 2 is 2.00 bits per heavy atom. The van der Waals surface area contributed by atoms with Crippen molar-refractivity contribution in [1.29, 1.82) is 0 Å². The quantitative estimate of drug-likeness (QED) is 0.403. The molecule has 4 rings (SSSR count). The van der Waals surface area contributed by atoms with Gasteiger partial charge < -0.3 is 10.3 Å². The molecule has 2 N–H and O–H groups in total. The Kier molecular flexibility index (Phi) is 4.26. The van der Waals surface area contributed by atoms with Gasteiger partial charge in [-0.2, -0.15) is 9.49 Å². The second-order valence-corrected chi connectivity index (χ2v) is 6.13. The third-order valence-corrected chi connectivity index (χ3v) is 4.29. The van der Waals surface area contributed by atoms with Crippen LogP contribution in [-0.4, -0.2) is 30.6 Å². The number of nitrogens with zero attached hydrogens (tertiary/aromatic N) is 4. The highest BCUT2D eigenvalue weighted by Gasteiger charge is 2.24. The number of amides is 1. The molecule has 146 valence electrons. The Labute approximate surface area is 161 Å². The second-order valence-electron chi connectivity index (χ2n) is 6.13. The van der Waals surface area contributed by atoms with E-state index in [4.69, 9.17) is 0 Å². The number of H-pyrrole nitrogens is 1. The molecule has 9 nitrogen and oxygen atoms in total. The van der Waals surface area contributed by atoms with Gasteiger partial charge in [-0.25, -0.2) is 9.37 Å². The van der Waals surface area contributed by atoms with Crippen LogP contribution in [0.5, 0.6) is 0 Å². The van der Waals surface area contributed by atoms with Gasteiger partial charge in [0.15, 0.2) is 0 Å². The van der Waals surface area contributed by atoms with Crippen molar-refractivity contribution < 1.29 is 18.5 Å². The molecule has 0 radical (unpaired) electrons. The molecule has 0 atom stereocenters. The molecule has 2 aromatic carbocycles. The molecule has 4 aromatic rings. The summed E-state index contributed by atoms with van der Waals surface area (Å²) in [4.78, 5) is 29.7. The lowest BCUT2D eigenvalue weighted by atomic mass is 10.1. The van der Waals surface area contributed by atoms with Crippen molar-refractivity contribution in [3.8, 4) is 11.4 Å². The van der Waals surface area contributed by atoms with Gasteiger partial charge >= 0.3 is 5.69 Å². The highest BCUT2D eigenvalue weighted by atomic mass is 19.1. The Hall–Kier alpha value is -4.15. The van der Waals surface area contributed by atoms with Gasteiger partial charge in [0.05, 0.1) is 39.3 Å². The first-order valence-corrected chi connectivity index (χ1v) is 8.27. The lowest BCUT2D eigenvalue weighted by Crippen LogP contribution is -2.17. The molecular formula is C18H12F2N6O3. The smallest absolute Gasteiger partial charge is 0.307 e. The number of nitro benzene ring substituents is 1. The summed E-state index contributed by atoms with van der Waals surface area (Å²) < 4.78 is 29.3. The zero-order chi connectivity index (χ0) is 20.7. The Bertz CT molecular complexity index is 1250. The summed E-state index contributed by atoms with van der Waals surface area (Å²) in [5.41, 5.74) is 0.173. The van der Waals surface area contributed by atoms with E-state index in [1.54, 1.807) is 13.1 Å². The molecule has 0 bridgehead atoms. The van der Waals surface area contributed by atoms with Crippen molar-refractivity contribution in [2.45, 2.75) is 0 Å². The molecule has 1 amide bonds. The first-order chi connectivity index (χ1) is 13.8. The minimum Gasteiger partial charge on any atom is -0.338 e. The van der Waals surface area contributed by atoms with Crippen LogP contribution < -0.4 is 5.32 Å². The van der Waals surface area contributed by atoms with E-state index in [9.17, 15) is 23.7 Å². The van der Waals surface area contributed by atoms with Gasteiger partial charge in [-0.3, -0.25) is 19.6 Å². The van der Waals surface area contributed by atoms with Crippen molar-refractivity contribution in [1.82, 2.24) is 19.7 Å². The number of anilines is 1. The predicted molar refractivity (Wildman–Crippen MR) is 99.3 cm³/mol. The van der Waals surface area contributed by atoms with E-state index >= 15 is 0 Å². The number of aromatic nitrogens is 4. The van der Waals surface area contributed by atoms with Crippen LogP contribution in [0.15, 0.2) is 42.6 Å². The summed E-state index contributed by atoms with van der Waals surface area (Å²) in [6, 6.07) is 8.15. The fraction of sp³-hybridized carbons (Fsp3) is 0.0556. The van der Waals surface area contributed by atoms with E-state index in [0.717, 1.165) is 5.52 Å². The van der Waals surface area contributed by atoms with Gasteiger partial charge in [-0.05, 0) is 18.2 Å². The molecule has 29 heavy (non-hydrogen) atoms. The van der Waals surface area contributed by atoms with Gasteiger partial charge in [0.25, 0.3) is 5.91 Å². The number of nitro groups is 1. The number of carbonyl (C=O) groups is 1. The van der Waals surface area contributed by atoms with Crippen LogP contribution in [0.1, 0.15) is 10.4 Å². The van der Waals surface area contributed by atoms with Crippen LogP contribution in [0.3, 0.4) is 0 Å². The SMILES string of the molecule is Cn1ncc(-c2nc3ccccc3[nH]2)c1NC(=O)c1cc(F)c([N+](=O)[O-])cc1F. The maximum atomic E-state index is 14.2. The van der Waals surface area contributed by atoms with E-state index in [0.29, 0.717) is 29.0 Å². The largest absolute Gasteiger partial charge is 0.338 e. The number of nitrogens with one attached hydrogen (secondary N) is 2. The van der Waals surface area contributed by atoms with Gasteiger partial charge in [0.2, 0.25) is 5.82 Å². The summed E-state index contributed by atoms with van der Waals surface area (Å²) in [6.45, 7) is 0. The summed E-state index contributed by atoms with van der Waals surface area (Å²) in [6.07, 6.45) is 1.46. The summed E-state index contributed by atoms with van der Waals surface area (Å²) in [5, 5.41) is 17.2. The first kappa shape index (κ1) is 18.2. The second kappa shape index (κ2) is 6.78. The van der Waals surface area contributed by atoms with Crippen LogP contribution in [0.4, 0.5) is 20.3 Å². The molecular weight excluding hydrogens is 386 g/mol. The monoisotopic (exact) mass is 398 g/mol. The van der Waals surface area contributed by atoms with E-state index in [2.05, 4.69) is 20.4 Å².